The minimum absolute atomic E-state index is 0.364. The van der Waals surface area contributed by atoms with Gasteiger partial charge in [0.05, 0.1) is 24.8 Å². The zero-order valence-corrected chi connectivity index (χ0v) is 14.6. The second-order valence-electron chi connectivity index (χ2n) is 8.03. The number of nitrogens with zero attached hydrogens (tertiary/aromatic N) is 4. The van der Waals surface area contributed by atoms with Gasteiger partial charge in [0, 0.05) is 44.3 Å². The molecule has 3 heterocycles. The first-order valence-electron chi connectivity index (χ1n) is 9.58. The average molecular weight is 342 g/mol. The fourth-order valence-corrected chi connectivity index (χ4v) is 3.82. The summed E-state index contributed by atoms with van der Waals surface area (Å²) in [6.07, 6.45) is 8.92. The molecule has 6 heteroatoms. The fourth-order valence-electron chi connectivity index (χ4n) is 3.82. The van der Waals surface area contributed by atoms with Crippen molar-refractivity contribution >= 4 is 0 Å². The number of aromatic nitrogens is 3. The minimum Gasteiger partial charge on any atom is -0.472 e. The SMILES string of the molecule is c1cc(CN2Cc3nnn(CC4CC4)c3C(COCC3CC3)C2)co1. The van der Waals surface area contributed by atoms with Gasteiger partial charge in [-0.15, -0.1) is 5.10 Å². The van der Waals surface area contributed by atoms with Crippen LogP contribution in [0.1, 0.15) is 48.6 Å². The largest absolute Gasteiger partial charge is 0.472 e. The summed E-state index contributed by atoms with van der Waals surface area (Å²) in [7, 11) is 0. The molecule has 1 unspecified atom stereocenters. The van der Waals surface area contributed by atoms with Gasteiger partial charge < -0.3 is 9.15 Å². The number of furan rings is 1. The Kier molecular flexibility index (Phi) is 4.10. The summed E-state index contributed by atoms with van der Waals surface area (Å²) in [6, 6.07) is 2.04. The van der Waals surface area contributed by atoms with Gasteiger partial charge in [0.1, 0.15) is 5.69 Å². The molecule has 0 N–H and O–H groups in total. The van der Waals surface area contributed by atoms with Crippen LogP contribution in [0.25, 0.3) is 0 Å². The predicted molar refractivity (Wildman–Crippen MR) is 91.9 cm³/mol. The van der Waals surface area contributed by atoms with E-state index in [0.29, 0.717) is 5.92 Å². The lowest BCUT2D eigenvalue weighted by atomic mass is 9.98. The third-order valence-electron chi connectivity index (χ3n) is 5.57. The van der Waals surface area contributed by atoms with Crippen LogP contribution in [0.15, 0.2) is 23.0 Å². The van der Waals surface area contributed by atoms with Crippen LogP contribution in [0.3, 0.4) is 0 Å². The van der Waals surface area contributed by atoms with Crippen molar-refractivity contribution in [1.82, 2.24) is 19.9 Å². The van der Waals surface area contributed by atoms with Crippen molar-refractivity contribution in [2.75, 3.05) is 19.8 Å². The van der Waals surface area contributed by atoms with E-state index in [1.165, 1.54) is 36.9 Å². The molecule has 2 aromatic rings. The van der Waals surface area contributed by atoms with E-state index in [9.17, 15) is 0 Å². The normalized spacial score (nSPS) is 23.8. The highest BCUT2D eigenvalue weighted by atomic mass is 16.5. The Hall–Kier alpha value is -1.66. The summed E-state index contributed by atoms with van der Waals surface area (Å²) in [5, 5.41) is 9.00. The summed E-state index contributed by atoms with van der Waals surface area (Å²) in [6.45, 7) is 5.49. The lowest BCUT2D eigenvalue weighted by Gasteiger charge is -2.32. The van der Waals surface area contributed by atoms with Crippen LogP contribution in [-0.2, 0) is 24.4 Å². The zero-order chi connectivity index (χ0) is 16.6. The van der Waals surface area contributed by atoms with Crippen LogP contribution < -0.4 is 0 Å². The van der Waals surface area contributed by atoms with Gasteiger partial charge in [-0.1, -0.05) is 5.21 Å². The number of ether oxygens (including phenoxy) is 1. The Labute approximate surface area is 148 Å². The highest BCUT2D eigenvalue weighted by molar-refractivity contribution is 5.21. The van der Waals surface area contributed by atoms with Crippen molar-refractivity contribution in [3.05, 3.63) is 35.5 Å². The van der Waals surface area contributed by atoms with Crippen molar-refractivity contribution in [2.24, 2.45) is 11.8 Å². The van der Waals surface area contributed by atoms with E-state index < -0.39 is 0 Å². The lowest BCUT2D eigenvalue weighted by Crippen LogP contribution is -2.36. The van der Waals surface area contributed by atoms with Gasteiger partial charge in [0.2, 0.25) is 0 Å². The van der Waals surface area contributed by atoms with E-state index >= 15 is 0 Å². The smallest absolute Gasteiger partial charge is 0.100 e. The molecule has 6 nitrogen and oxygen atoms in total. The predicted octanol–water partition coefficient (Wildman–Crippen LogP) is 2.81. The molecule has 0 aromatic carbocycles. The van der Waals surface area contributed by atoms with Crippen molar-refractivity contribution in [3.8, 4) is 0 Å². The number of hydrogen-bond donors (Lipinski definition) is 0. The second kappa shape index (κ2) is 6.57. The summed E-state index contributed by atoms with van der Waals surface area (Å²) < 4.78 is 13.5. The lowest BCUT2D eigenvalue weighted by molar-refractivity contribution is 0.0861. The van der Waals surface area contributed by atoms with Gasteiger partial charge in [-0.05, 0) is 43.6 Å². The van der Waals surface area contributed by atoms with Gasteiger partial charge in [-0.25, -0.2) is 4.68 Å². The molecule has 2 aliphatic carbocycles. The molecule has 0 bridgehead atoms. The van der Waals surface area contributed by atoms with Crippen LogP contribution in [0.5, 0.6) is 0 Å². The molecule has 3 aliphatic rings. The topological polar surface area (TPSA) is 56.3 Å². The molecular weight excluding hydrogens is 316 g/mol. The van der Waals surface area contributed by atoms with E-state index in [1.807, 2.05) is 12.3 Å². The molecule has 134 valence electrons. The molecule has 2 saturated carbocycles. The molecule has 1 atom stereocenters. The summed E-state index contributed by atoms with van der Waals surface area (Å²) >= 11 is 0. The van der Waals surface area contributed by atoms with Crippen LogP contribution in [0, 0.1) is 11.8 Å². The van der Waals surface area contributed by atoms with E-state index in [-0.39, 0.29) is 0 Å². The van der Waals surface area contributed by atoms with Crippen molar-refractivity contribution in [3.63, 3.8) is 0 Å². The highest BCUT2D eigenvalue weighted by Gasteiger charge is 2.33. The van der Waals surface area contributed by atoms with Crippen LogP contribution >= 0.6 is 0 Å². The van der Waals surface area contributed by atoms with E-state index in [4.69, 9.17) is 9.15 Å². The molecule has 2 aromatic heterocycles. The Morgan fingerprint density at radius 3 is 2.80 bits per heavy atom. The van der Waals surface area contributed by atoms with Crippen LogP contribution in [0.2, 0.25) is 0 Å². The summed E-state index contributed by atoms with van der Waals surface area (Å²) in [5.74, 6) is 1.98. The Morgan fingerprint density at radius 1 is 1.16 bits per heavy atom. The van der Waals surface area contributed by atoms with Crippen LogP contribution in [-0.4, -0.2) is 39.7 Å². The maximum absolute atomic E-state index is 6.07. The third-order valence-corrected chi connectivity index (χ3v) is 5.57. The van der Waals surface area contributed by atoms with E-state index in [0.717, 1.165) is 56.9 Å². The standard InChI is InChI=1S/C19H26N4O2/c1-2-14(1)8-23-19-17(13-25-11-15-3-4-15)9-22(10-18(19)20-21-23)7-16-5-6-24-12-16/h5-6,12,14-15,17H,1-4,7-11,13H2. The molecule has 1 aliphatic heterocycles. The van der Waals surface area contributed by atoms with Crippen molar-refractivity contribution in [2.45, 2.75) is 51.2 Å². The average Bonchev–Trinajstić information content (AvgIpc) is 3.51. The Balaban J connectivity index is 1.32. The van der Waals surface area contributed by atoms with E-state index in [1.54, 1.807) is 6.26 Å². The number of rotatable bonds is 8. The molecule has 0 amide bonds. The number of fused-ring (bicyclic) bond motifs is 1. The first-order chi connectivity index (χ1) is 12.3. The molecular formula is C19H26N4O2. The second-order valence-corrected chi connectivity index (χ2v) is 8.03. The maximum Gasteiger partial charge on any atom is 0.100 e. The molecule has 2 fully saturated rings. The molecule has 0 spiro atoms. The van der Waals surface area contributed by atoms with Crippen molar-refractivity contribution in [1.29, 1.82) is 0 Å². The molecule has 0 saturated heterocycles. The first kappa shape index (κ1) is 15.6. The Bertz CT molecular complexity index is 703. The van der Waals surface area contributed by atoms with Gasteiger partial charge in [0.25, 0.3) is 0 Å². The van der Waals surface area contributed by atoms with Gasteiger partial charge in [-0.2, -0.15) is 0 Å². The number of hydrogen-bond acceptors (Lipinski definition) is 5. The van der Waals surface area contributed by atoms with E-state index in [2.05, 4.69) is 19.9 Å². The van der Waals surface area contributed by atoms with Crippen molar-refractivity contribution < 1.29 is 9.15 Å². The molecule has 0 radical (unpaired) electrons. The first-order valence-corrected chi connectivity index (χ1v) is 9.58. The van der Waals surface area contributed by atoms with Gasteiger partial charge in [-0.3, -0.25) is 4.90 Å². The third kappa shape index (κ3) is 3.65. The van der Waals surface area contributed by atoms with Gasteiger partial charge in [0.15, 0.2) is 0 Å². The zero-order valence-electron chi connectivity index (χ0n) is 14.6. The van der Waals surface area contributed by atoms with Crippen LogP contribution in [0.4, 0.5) is 0 Å². The summed E-state index contributed by atoms with van der Waals surface area (Å²) in [5.41, 5.74) is 3.67. The molecule has 25 heavy (non-hydrogen) atoms. The monoisotopic (exact) mass is 342 g/mol. The fraction of sp³-hybridized carbons (Fsp3) is 0.684. The highest BCUT2D eigenvalue weighted by Crippen LogP contribution is 2.35. The molecule has 5 rings (SSSR count). The van der Waals surface area contributed by atoms with Gasteiger partial charge >= 0.3 is 0 Å². The maximum atomic E-state index is 6.07. The Morgan fingerprint density at radius 2 is 2.04 bits per heavy atom. The summed E-state index contributed by atoms with van der Waals surface area (Å²) in [4.78, 5) is 2.44. The quantitative estimate of drug-likeness (QED) is 0.738. The minimum atomic E-state index is 0.364.